The minimum Gasteiger partial charge on any atom is -0.497 e. The van der Waals surface area contributed by atoms with E-state index in [-0.39, 0.29) is 11.5 Å². The number of benzene rings is 1. The molecular weight excluding hydrogens is 396 g/mol. The Kier molecular flexibility index (Phi) is 5.91. The first-order chi connectivity index (χ1) is 14.6. The number of nitriles is 1. The number of Topliss-reactive ketones (excluding diaryl/α,β-unsaturated/α-hetero) is 1. The van der Waals surface area contributed by atoms with Crippen LogP contribution in [0.25, 0.3) is 11.3 Å². The van der Waals surface area contributed by atoms with Crippen molar-refractivity contribution in [3.63, 3.8) is 0 Å². The van der Waals surface area contributed by atoms with Crippen molar-refractivity contribution in [3.05, 3.63) is 64.5 Å². The Bertz CT molecular complexity index is 1140. The van der Waals surface area contributed by atoms with Crippen molar-refractivity contribution in [1.29, 1.82) is 5.26 Å². The van der Waals surface area contributed by atoms with E-state index in [1.165, 1.54) is 11.8 Å². The quantitative estimate of drug-likeness (QED) is 0.395. The standard InChI is InChI=1S/C24H22N2O3S/c1-15-10-11-22(29-15)23-18-8-3-4-9-20(18)26-24(19(23)13-25)30-14-21(27)16-6-5-7-17(12-16)28-2/h5-7,10-12H,3-4,8-9,14H2,1-2H3. The summed E-state index contributed by atoms with van der Waals surface area (Å²) in [5.74, 6) is 2.32. The molecule has 0 bridgehead atoms. The number of furan rings is 1. The molecule has 3 aromatic rings. The number of hydrogen-bond donors (Lipinski definition) is 0. The lowest BCUT2D eigenvalue weighted by Gasteiger charge is -2.20. The van der Waals surface area contributed by atoms with Crippen LogP contribution in [0.3, 0.4) is 0 Å². The van der Waals surface area contributed by atoms with Gasteiger partial charge in [-0.05, 0) is 62.4 Å². The summed E-state index contributed by atoms with van der Waals surface area (Å²) in [6.07, 6.45) is 3.92. The number of carbonyl (C=O) groups excluding carboxylic acids is 1. The van der Waals surface area contributed by atoms with E-state index in [0.717, 1.165) is 48.3 Å². The molecule has 30 heavy (non-hydrogen) atoms. The molecular formula is C24H22N2O3S. The van der Waals surface area contributed by atoms with E-state index in [2.05, 4.69) is 6.07 Å². The molecule has 152 valence electrons. The predicted octanol–water partition coefficient (Wildman–Crippen LogP) is 5.38. The van der Waals surface area contributed by atoms with Gasteiger partial charge in [0.1, 0.15) is 28.4 Å². The van der Waals surface area contributed by atoms with Gasteiger partial charge in [0.25, 0.3) is 0 Å². The number of rotatable bonds is 6. The van der Waals surface area contributed by atoms with E-state index in [9.17, 15) is 10.1 Å². The molecule has 5 nitrogen and oxygen atoms in total. The first-order valence-electron chi connectivity index (χ1n) is 9.93. The molecule has 4 rings (SSSR count). The fraction of sp³-hybridized carbons (Fsp3) is 0.292. The van der Waals surface area contributed by atoms with E-state index >= 15 is 0 Å². The van der Waals surface area contributed by atoms with Crippen LogP contribution in [0, 0.1) is 18.3 Å². The largest absolute Gasteiger partial charge is 0.497 e. The number of aromatic nitrogens is 1. The van der Waals surface area contributed by atoms with Gasteiger partial charge in [0.2, 0.25) is 0 Å². The second-order valence-electron chi connectivity index (χ2n) is 7.27. The average molecular weight is 419 g/mol. The summed E-state index contributed by atoms with van der Waals surface area (Å²) >= 11 is 1.31. The summed E-state index contributed by atoms with van der Waals surface area (Å²) in [4.78, 5) is 17.5. The van der Waals surface area contributed by atoms with Crippen LogP contribution >= 0.6 is 11.8 Å². The Hall–Kier alpha value is -3.04. The van der Waals surface area contributed by atoms with Crippen LogP contribution in [-0.2, 0) is 12.8 Å². The van der Waals surface area contributed by atoms with Crippen LogP contribution < -0.4 is 4.74 Å². The van der Waals surface area contributed by atoms with Crippen LogP contribution in [0.5, 0.6) is 5.75 Å². The molecule has 1 aliphatic carbocycles. The zero-order valence-corrected chi connectivity index (χ0v) is 17.8. The summed E-state index contributed by atoms with van der Waals surface area (Å²) in [5, 5.41) is 10.6. The van der Waals surface area contributed by atoms with Gasteiger partial charge in [-0.15, -0.1) is 0 Å². The summed E-state index contributed by atoms with van der Waals surface area (Å²) in [5.41, 5.74) is 4.04. The van der Waals surface area contributed by atoms with E-state index in [1.54, 1.807) is 31.4 Å². The third kappa shape index (κ3) is 3.99. The zero-order chi connectivity index (χ0) is 21.1. The fourth-order valence-corrected chi connectivity index (χ4v) is 4.68. The maximum Gasteiger partial charge on any atom is 0.173 e. The van der Waals surface area contributed by atoms with Gasteiger partial charge in [-0.25, -0.2) is 4.98 Å². The number of ketones is 1. The topological polar surface area (TPSA) is 76.1 Å². The molecule has 0 atom stereocenters. The Morgan fingerprint density at radius 3 is 2.83 bits per heavy atom. The Balaban J connectivity index is 1.69. The zero-order valence-electron chi connectivity index (χ0n) is 17.0. The van der Waals surface area contributed by atoms with Gasteiger partial charge >= 0.3 is 0 Å². The van der Waals surface area contributed by atoms with Gasteiger partial charge in [0.15, 0.2) is 5.78 Å². The SMILES string of the molecule is COc1cccc(C(=O)CSc2nc3c(c(-c4ccc(C)o4)c2C#N)CCCC3)c1. The van der Waals surface area contributed by atoms with Gasteiger partial charge in [0, 0.05) is 16.8 Å². The third-order valence-electron chi connectivity index (χ3n) is 5.27. The molecule has 0 saturated heterocycles. The maximum absolute atomic E-state index is 12.7. The van der Waals surface area contributed by atoms with Gasteiger partial charge in [-0.3, -0.25) is 4.79 Å². The number of carbonyl (C=O) groups is 1. The van der Waals surface area contributed by atoms with Crippen molar-refractivity contribution < 1.29 is 13.9 Å². The summed E-state index contributed by atoms with van der Waals surface area (Å²) in [7, 11) is 1.58. The minimum absolute atomic E-state index is 0.0299. The molecule has 0 unspecified atom stereocenters. The predicted molar refractivity (Wildman–Crippen MR) is 116 cm³/mol. The maximum atomic E-state index is 12.7. The molecule has 1 aromatic carbocycles. The lowest BCUT2D eigenvalue weighted by atomic mass is 9.89. The van der Waals surface area contributed by atoms with Crippen molar-refractivity contribution in [3.8, 4) is 23.1 Å². The van der Waals surface area contributed by atoms with Crippen LogP contribution in [0.15, 0.2) is 45.8 Å². The van der Waals surface area contributed by atoms with E-state index < -0.39 is 0 Å². The normalized spacial score (nSPS) is 12.8. The highest BCUT2D eigenvalue weighted by Gasteiger charge is 2.25. The molecule has 0 fully saturated rings. The fourth-order valence-electron chi connectivity index (χ4n) is 3.78. The van der Waals surface area contributed by atoms with E-state index in [4.69, 9.17) is 14.1 Å². The van der Waals surface area contributed by atoms with Crippen molar-refractivity contribution in [2.24, 2.45) is 0 Å². The number of pyridine rings is 1. The lowest BCUT2D eigenvalue weighted by Crippen LogP contribution is -2.11. The molecule has 0 radical (unpaired) electrons. The number of fused-ring (bicyclic) bond motifs is 1. The third-order valence-corrected chi connectivity index (χ3v) is 6.25. The van der Waals surface area contributed by atoms with Gasteiger partial charge < -0.3 is 9.15 Å². The van der Waals surface area contributed by atoms with Crippen LogP contribution in [0.1, 0.15) is 45.8 Å². The van der Waals surface area contributed by atoms with Crippen LogP contribution in [-0.4, -0.2) is 23.6 Å². The second-order valence-corrected chi connectivity index (χ2v) is 8.23. The molecule has 2 aromatic heterocycles. The molecule has 0 amide bonds. The molecule has 0 saturated carbocycles. The lowest BCUT2D eigenvalue weighted by molar-refractivity contribution is 0.102. The highest BCUT2D eigenvalue weighted by Crippen LogP contribution is 2.38. The molecule has 2 heterocycles. The molecule has 1 aliphatic rings. The minimum atomic E-state index is -0.0299. The number of hydrogen-bond acceptors (Lipinski definition) is 6. The summed E-state index contributed by atoms with van der Waals surface area (Å²) in [6, 6.07) is 13.3. The first kappa shape index (κ1) is 20.2. The van der Waals surface area contributed by atoms with Crippen molar-refractivity contribution in [1.82, 2.24) is 4.98 Å². The molecule has 6 heteroatoms. The van der Waals surface area contributed by atoms with Crippen LogP contribution in [0.4, 0.5) is 0 Å². The number of ether oxygens (including phenoxy) is 1. The number of aryl methyl sites for hydroxylation is 2. The first-order valence-corrected chi connectivity index (χ1v) is 10.9. The second kappa shape index (κ2) is 8.76. The van der Waals surface area contributed by atoms with Crippen molar-refractivity contribution in [2.45, 2.75) is 37.6 Å². The summed E-state index contributed by atoms with van der Waals surface area (Å²) in [6.45, 7) is 1.89. The van der Waals surface area contributed by atoms with E-state index in [0.29, 0.717) is 27.7 Å². The average Bonchev–Trinajstić information content (AvgIpc) is 3.22. The highest BCUT2D eigenvalue weighted by molar-refractivity contribution is 8.00. The molecule has 0 spiro atoms. The number of nitrogens with zero attached hydrogens (tertiary/aromatic N) is 2. The smallest absolute Gasteiger partial charge is 0.173 e. The number of thioether (sulfide) groups is 1. The van der Waals surface area contributed by atoms with Crippen molar-refractivity contribution >= 4 is 17.5 Å². The van der Waals surface area contributed by atoms with Gasteiger partial charge in [-0.1, -0.05) is 23.9 Å². The van der Waals surface area contributed by atoms with Gasteiger partial charge in [0.05, 0.1) is 18.4 Å². The Labute approximate surface area is 180 Å². The monoisotopic (exact) mass is 418 g/mol. The van der Waals surface area contributed by atoms with E-state index in [1.807, 2.05) is 19.1 Å². The molecule has 0 aliphatic heterocycles. The molecule has 0 N–H and O–H groups in total. The van der Waals surface area contributed by atoms with Crippen LogP contribution in [0.2, 0.25) is 0 Å². The summed E-state index contributed by atoms with van der Waals surface area (Å²) < 4.78 is 11.1. The Morgan fingerprint density at radius 1 is 1.27 bits per heavy atom. The highest BCUT2D eigenvalue weighted by atomic mass is 32.2. The van der Waals surface area contributed by atoms with Crippen molar-refractivity contribution in [2.75, 3.05) is 12.9 Å². The Morgan fingerprint density at radius 2 is 2.10 bits per heavy atom. The number of methoxy groups -OCH3 is 1. The van der Waals surface area contributed by atoms with Gasteiger partial charge in [-0.2, -0.15) is 5.26 Å².